The van der Waals surface area contributed by atoms with Gasteiger partial charge in [-0.1, -0.05) is 121 Å². The molecular weight excluding hydrogens is 791 g/mol. The lowest BCUT2D eigenvalue weighted by Crippen LogP contribution is -2.09. The molecule has 0 saturated carbocycles. The van der Waals surface area contributed by atoms with Crippen molar-refractivity contribution in [2.24, 2.45) is 0 Å². The molecule has 306 valence electrons. The van der Waals surface area contributed by atoms with Crippen molar-refractivity contribution >= 4 is 77.7 Å². The van der Waals surface area contributed by atoms with Crippen molar-refractivity contribution in [3.63, 3.8) is 0 Å². The van der Waals surface area contributed by atoms with Crippen molar-refractivity contribution in [3.05, 3.63) is 249 Å². The van der Waals surface area contributed by atoms with E-state index in [2.05, 4.69) is 244 Å². The van der Waals surface area contributed by atoms with Gasteiger partial charge >= 0.3 is 0 Å². The zero-order valence-corrected chi connectivity index (χ0v) is 35.4. The summed E-state index contributed by atoms with van der Waals surface area (Å²) in [6.45, 7) is 0. The van der Waals surface area contributed by atoms with Crippen molar-refractivity contribution in [1.82, 2.24) is 14.5 Å². The van der Waals surface area contributed by atoms with Crippen molar-refractivity contribution in [2.45, 2.75) is 0 Å². The summed E-state index contributed by atoms with van der Waals surface area (Å²) in [5.41, 5.74) is 16.4. The third-order valence-corrected chi connectivity index (χ3v) is 12.4. The Bertz CT molecular complexity index is 3410. The van der Waals surface area contributed by atoms with Crippen LogP contribution in [0.1, 0.15) is 0 Å². The van der Waals surface area contributed by atoms with E-state index < -0.39 is 0 Å². The van der Waals surface area contributed by atoms with Gasteiger partial charge in [0.1, 0.15) is 0 Å². The summed E-state index contributed by atoms with van der Waals surface area (Å²) in [5, 5.41) is 4.52. The van der Waals surface area contributed by atoms with Gasteiger partial charge in [0.15, 0.2) is 0 Å². The van der Waals surface area contributed by atoms with Gasteiger partial charge in [0, 0.05) is 73.8 Å². The van der Waals surface area contributed by atoms with E-state index in [1.165, 1.54) is 10.8 Å². The molecule has 0 radical (unpaired) electrons. The minimum Gasteiger partial charge on any atom is -0.310 e. The van der Waals surface area contributed by atoms with Gasteiger partial charge in [-0.3, -0.25) is 9.97 Å². The van der Waals surface area contributed by atoms with E-state index in [4.69, 9.17) is 4.98 Å². The normalized spacial score (nSPS) is 11.4. The van der Waals surface area contributed by atoms with Gasteiger partial charge in [0.2, 0.25) is 0 Å². The molecule has 0 atom stereocenters. The van der Waals surface area contributed by atoms with E-state index in [1.807, 2.05) is 24.5 Å². The molecule has 0 saturated heterocycles. The Hall–Kier alpha value is -8.80. The molecule has 5 heteroatoms. The number of anilines is 6. The smallest absolute Gasteiger partial charge is 0.0970 e. The van der Waals surface area contributed by atoms with E-state index in [0.717, 1.165) is 94.9 Å². The Kier molecular flexibility index (Phi) is 9.42. The highest BCUT2D eigenvalue weighted by atomic mass is 15.1. The van der Waals surface area contributed by atoms with E-state index in [0.29, 0.717) is 0 Å². The first kappa shape index (κ1) is 37.9. The van der Waals surface area contributed by atoms with Crippen LogP contribution in [-0.4, -0.2) is 14.5 Å². The molecule has 0 aliphatic rings. The Morgan fingerprint density at radius 3 is 1.23 bits per heavy atom. The number of nitrogens with zero attached hydrogens (tertiary/aromatic N) is 5. The zero-order chi connectivity index (χ0) is 43.1. The quantitative estimate of drug-likeness (QED) is 0.136. The fourth-order valence-electron chi connectivity index (χ4n) is 9.42. The third-order valence-electron chi connectivity index (χ3n) is 12.4. The summed E-state index contributed by atoms with van der Waals surface area (Å²) in [4.78, 5) is 14.1. The number of hydrogen-bond donors (Lipinski definition) is 0. The van der Waals surface area contributed by atoms with Crippen LogP contribution in [0.5, 0.6) is 0 Å². The zero-order valence-electron chi connectivity index (χ0n) is 35.4. The second-order valence-corrected chi connectivity index (χ2v) is 16.3. The van der Waals surface area contributed by atoms with Crippen LogP contribution in [0.2, 0.25) is 0 Å². The number of aromatic nitrogens is 3. The lowest BCUT2D eigenvalue weighted by molar-refractivity contribution is 1.18. The number of pyridine rings is 2. The second-order valence-electron chi connectivity index (χ2n) is 16.3. The molecule has 0 spiro atoms. The lowest BCUT2D eigenvalue weighted by atomic mass is 9.96. The second kappa shape index (κ2) is 16.2. The van der Waals surface area contributed by atoms with Crippen LogP contribution in [0.3, 0.4) is 0 Å². The number of hydrogen-bond acceptors (Lipinski definition) is 4. The fraction of sp³-hybridized carbons (Fsp3) is 0. The van der Waals surface area contributed by atoms with Gasteiger partial charge in [-0.15, -0.1) is 0 Å². The molecule has 65 heavy (non-hydrogen) atoms. The first-order valence-electron chi connectivity index (χ1n) is 22.0. The largest absolute Gasteiger partial charge is 0.310 e. The Labute approximate surface area is 377 Å². The number of fused-ring (bicyclic) bond motifs is 6. The van der Waals surface area contributed by atoms with Crippen LogP contribution in [0.15, 0.2) is 249 Å². The molecule has 3 heterocycles. The predicted octanol–water partition coefficient (Wildman–Crippen LogP) is 16.2. The summed E-state index contributed by atoms with van der Waals surface area (Å²) in [7, 11) is 0. The van der Waals surface area contributed by atoms with Crippen LogP contribution >= 0.6 is 0 Å². The van der Waals surface area contributed by atoms with Gasteiger partial charge in [0.05, 0.1) is 22.1 Å². The first-order chi connectivity index (χ1) is 32.2. The van der Waals surface area contributed by atoms with Gasteiger partial charge in [-0.05, 0) is 138 Å². The minimum absolute atomic E-state index is 0.923. The van der Waals surface area contributed by atoms with Gasteiger partial charge in [-0.25, -0.2) is 0 Å². The number of benzene rings is 9. The van der Waals surface area contributed by atoms with Crippen molar-refractivity contribution in [1.29, 1.82) is 0 Å². The molecule has 3 aromatic heterocycles. The molecule has 5 nitrogen and oxygen atoms in total. The maximum absolute atomic E-state index is 4.73. The maximum atomic E-state index is 4.73. The fourth-order valence-corrected chi connectivity index (χ4v) is 9.42. The standard InChI is InChI=1S/C60H41N5/c1-5-16-46(17-6-1)63(47-18-7-2-8-19-47)51-33-35-57-55(40-51)56-41-52(64(48-20-9-3-10-21-48)49-22-11-4-12-23-49)34-36-58(56)65(57)50-31-29-43(30-32-50)42-25-27-44(28-26-42)54-39-45-15-13-37-61-59(45)60-53(54)24-14-38-62-60/h1-41H. The Morgan fingerprint density at radius 1 is 0.308 bits per heavy atom. The summed E-state index contributed by atoms with van der Waals surface area (Å²) in [6, 6.07) is 84.6. The monoisotopic (exact) mass is 831 g/mol. The lowest BCUT2D eigenvalue weighted by Gasteiger charge is -2.26. The van der Waals surface area contributed by atoms with Crippen molar-refractivity contribution in [2.75, 3.05) is 9.80 Å². The SMILES string of the molecule is c1ccc(N(c2ccccc2)c2ccc3c(c2)c2cc(N(c4ccccc4)c4ccccc4)ccc2n3-c2ccc(-c3ccc(-c4cc5cccnc5c5ncccc45)cc3)cc2)cc1. The maximum Gasteiger partial charge on any atom is 0.0970 e. The van der Waals surface area contributed by atoms with Crippen LogP contribution in [0.25, 0.3) is 71.6 Å². The van der Waals surface area contributed by atoms with Gasteiger partial charge in [0.25, 0.3) is 0 Å². The summed E-state index contributed by atoms with van der Waals surface area (Å²) in [5.74, 6) is 0. The van der Waals surface area contributed by atoms with Crippen molar-refractivity contribution in [3.8, 4) is 27.9 Å². The first-order valence-corrected chi connectivity index (χ1v) is 22.0. The molecule has 0 aliphatic carbocycles. The van der Waals surface area contributed by atoms with Crippen LogP contribution in [0.4, 0.5) is 34.1 Å². The molecule has 9 aromatic carbocycles. The molecular formula is C60H41N5. The minimum atomic E-state index is 0.923. The molecule has 0 amide bonds. The highest BCUT2D eigenvalue weighted by Crippen LogP contribution is 2.43. The number of para-hydroxylation sites is 4. The van der Waals surface area contributed by atoms with Gasteiger partial charge < -0.3 is 14.4 Å². The molecule has 0 N–H and O–H groups in total. The number of rotatable bonds is 9. The highest BCUT2D eigenvalue weighted by molar-refractivity contribution is 6.12. The van der Waals surface area contributed by atoms with E-state index >= 15 is 0 Å². The Balaban J connectivity index is 0.981. The molecule has 0 bridgehead atoms. The third kappa shape index (κ3) is 6.83. The molecule has 0 aliphatic heterocycles. The van der Waals surface area contributed by atoms with E-state index in [1.54, 1.807) is 0 Å². The van der Waals surface area contributed by atoms with Crippen LogP contribution < -0.4 is 9.80 Å². The van der Waals surface area contributed by atoms with E-state index in [-0.39, 0.29) is 0 Å². The average Bonchev–Trinajstić information content (AvgIpc) is 3.71. The van der Waals surface area contributed by atoms with Crippen LogP contribution in [-0.2, 0) is 0 Å². The van der Waals surface area contributed by atoms with E-state index in [9.17, 15) is 0 Å². The molecule has 12 rings (SSSR count). The molecule has 0 unspecified atom stereocenters. The topological polar surface area (TPSA) is 37.2 Å². The van der Waals surface area contributed by atoms with Crippen molar-refractivity contribution < 1.29 is 0 Å². The molecule has 12 aromatic rings. The highest BCUT2D eigenvalue weighted by Gasteiger charge is 2.20. The molecule has 0 fully saturated rings. The summed E-state index contributed by atoms with van der Waals surface area (Å²) in [6.07, 6.45) is 3.68. The van der Waals surface area contributed by atoms with Crippen LogP contribution in [0, 0.1) is 0 Å². The summed E-state index contributed by atoms with van der Waals surface area (Å²) >= 11 is 0. The predicted molar refractivity (Wildman–Crippen MR) is 272 cm³/mol. The average molecular weight is 832 g/mol. The summed E-state index contributed by atoms with van der Waals surface area (Å²) < 4.78 is 2.41. The Morgan fingerprint density at radius 2 is 0.738 bits per heavy atom. The van der Waals surface area contributed by atoms with Gasteiger partial charge in [-0.2, -0.15) is 0 Å².